The van der Waals surface area contributed by atoms with Crippen molar-refractivity contribution in [3.05, 3.63) is 42.0 Å². The highest BCUT2D eigenvalue weighted by molar-refractivity contribution is 5.84. The van der Waals surface area contributed by atoms with Gasteiger partial charge in [-0.15, -0.1) is 0 Å². The molecule has 2 aromatic carbocycles. The standard InChI is InChI=1S/C23H29NO2.CH5NO/c1-26-23-11-6-19-14-17(4-5-20(19)15-23)13-18-3-2-12-24(16-18)21-7-9-22(25)10-8-21;1-3-2/h4-6,11,14-15,18,21H,2-3,7-10,12-13,16H2,1H3;2H2,1H3. The highest BCUT2D eigenvalue weighted by Gasteiger charge is 2.28. The second-order valence-electron chi connectivity index (χ2n) is 8.26. The van der Waals surface area contributed by atoms with E-state index in [0.29, 0.717) is 11.8 Å². The first kappa shape index (κ1) is 21.8. The van der Waals surface area contributed by atoms with E-state index in [0.717, 1.165) is 43.8 Å². The number of hydrogen-bond donors (Lipinski definition) is 1. The van der Waals surface area contributed by atoms with E-state index in [9.17, 15) is 4.79 Å². The van der Waals surface area contributed by atoms with E-state index in [1.807, 2.05) is 6.07 Å². The van der Waals surface area contributed by atoms with E-state index in [2.05, 4.69) is 46.0 Å². The topological polar surface area (TPSA) is 64.8 Å². The lowest BCUT2D eigenvalue weighted by Crippen LogP contribution is -2.44. The second kappa shape index (κ2) is 10.7. The van der Waals surface area contributed by atoms with E-state index in [4.69, 9.17) is 4.74 Å². The van der Waals surface area contributed by atoms with Gasteiger partial charge in [0.05, 0.1) is 14.2 Å². The maximum absolute atomic E-state index is 11.5. The third-order valence-electron chi connectivity index (χ3n) is 6.22. The zero-order chi connectivity index (χ0) is 20.6. The number of fused-ring (bicyclic) bond motifs is 1. The SMILES string of the molecule is CON.COc1ccc2cc(CC3CCCN(C4CCC(=O)CC4)C3)ccc2c1. The van der Waals surface area contributed by atoms with Gasteiger partial charge in [-0.3, -0.25) is 4.79 Å². The summed E-state index contributed by atoms with van der Waals surface area (Å²) in [7, 11) is 3.12. The molecule has 0 bridgehead atoms. The molecule has 0 spiro atoms. The largest absolute Gasteiger partial charge is 0.497 e. The fourth-order valence-electron chi connectivity index (χ4n) is 4.75. The molecule has 1 heterocycles. The minimum atomic E-state index is 0.461. The molecule has 1 atom stereocenters. The Morgan fingerprint density at radius 1 is 1.03 bits per heavy atom. The Morgan fingerprint density at radius 3 is 2.45 bits per heavy atom. The highest BCUT2D eigenvalue weighted by Crippen LogP contribution is 2.29. The summed E-state index contributed by atoms with van der Waals surface area (Å²) in [6.07, 6.45) is 7.50. The number of nitrogens with two attached hydrogens (primary N) is 1. The molecule has 2 N–H and O–H groups in total. The van der Waals surface area contributed by atoms with Crippen LogP contribution in [0.3, 0.4) is 0 Å². The van der Waals surface area contributed by atoms with Crippen LogP contribution >= 0.6 is 0 Å². The van der Waals surface area contributed by atoms with E-state index < -0.39 is 0 Å². The molecule has 4 rings (SSSR count). The smallest absolute Gasteiger partial charge is 0.133 e. The Balaban J connectivity index is 0.000000755. The fraction of sp³-hybridized carbons (Fsp3) is 0.542. The van der Waals surface area contributed by atoms with Crippen LogP contribution in [0.25, 0.3) is 10.8 Å². The summed E-state index contributed by atoms with van der Waals surface area (Å²) >= 11 is 0. The van der Waals surface area contributed by atoms with Crippen molar-refractivity contribution in [1.82, 2.24) is 4.90 Å². The lowest BCUT2D eigenvalue weighted by Gasteiger charge is -2.39. The molecule has 1 saturated carbocycles. The maximum atomic E-state index is 11.5. The molecule has 0 aromatic heterocycles. The van der Waals surface area contributed by atoms with Crippen molar-refractivity contribution in [2.75, 3.05) is 27.3 Å². The number of piperidine rings is 1. The van der Waals surface area contributed by atoms with Crippen LogP contribution in [0.2, 0.25) is 0 Å². The Morgan fingerprint density at radius 2 is 1.72 bits per heavy atom. The summed E-state index contributed by atoms with van der Waals surface area (Å²) in [6, 6.07) is 13.8. The van der Waals surface area contributed by atoms with Gasteiger partial charge in [0, 0.05) is 25.4 Å². The number of benzene rings is 2. The van der Waals surface area contributed by atoms with Crippen LogP contribution < -0.4 is 10.6 Å². The van der Waals surface area contributed by atoms with Crippen molar-refractivity contribution in [3.63, 3.8) is 0 Å². The van der Waals surface area contributed by atoms with Gasteiger partial charge in [0.25, 0.3) is 0 Å². The van der Waals surface area contributed by atoms with Crippen molar-refractivity contribution in [1.29, 1.82) is 0 Å². The molecule has 2 aromatic rings. The lowest BCUT2D eigenvalue weighted by molar-refractivity contribution is -0.121. The Hall–Kier alpha value is -1.95. The summed E-state index contributed by atoms with van der Waals surface area (Å²) in [5.41, 5.74) is 1.44. The molecule has 1 saturated heterocycles. The zero-order valence-corrected chi connectivity index (χ0v) is 17.7. The van der Waals surface area contributed by atoms with Crippen LogP contribution in [0.15, 0.2) is 36.4 Å². The number of likely N-dealkylation sites (tertiary alicyclic amines) is 1. The predicted molar refractivity (Wildman–Crippen MR) is 117 cm³/mol. The van der Waals surface area contributed by atoms with E-state index >= 15 is 0 Å². The number of ketones is 1. The van der Waals surface area contributed by atoms with Crippen molar-refractivity contribution in [2.45, 2.75) is 51.0 Å². The van der Waals surface area contributed by atoms with E-state index in [1.165, 1.54) is 49.4 Å². The van der Waals surface area contributed by atoms with Gasteiger partial charge in [-0.05, 0) is 73.0 Å². The van der Waals surface area contributed by atoms with Crippen LogP contribution in [0.4, 0.5) is 0 Å². The quantitative estimate of drug-likeness (QED) is 0.785. The maximum Gasteiger partial charge on any atom is 0.133 e. The van der Waals surface area contributed by atoms with Crippen LogP contribution in [0, 0.1) is 5.92 Å². The van der Waals surface area contributed by atoms with Crippen molar-refractivity contribution < 1.29 is 14.4 Å². The first-order chi connectivity index (χ1) is 14.1. The molecule has 2 aliphatic rings. The van der Waals surface area contributed by atoms with Gasteiger partial charge in [-0.25, -0.2) is 5.90 Å². The van der Waals surface area contributed by atoms with Gasteiger partial charge in [0.15, 0.2) is 0 Å². The van der Waals surface area contributed by atoms with Gasteiger partial charge >= 0.3 is 0 Å². The molecule has 1 aliphatic carbocycles. The molecule has 2 fully saturated rings. The Labute approximate surface area is 174 Å². The van der Waals surface area contributed by atoms with Crippen LogP contribution in [0.5, 0.6) is 5.75 Å². The molecule has 5 nitrogen and oxygen atoms in total. The molecule has 0 amide bonds. The number of Topliss-reactive ketones (excluding diaryl/α,β-unsaturated/α-hetero) is 1. The highest BCUT2D eigenvalue weighted by atomic mass is 16.6. The average Bonchev–Trinajstić information content (AvgIpc) is 2.74. The number of hydrogen-bond acceptors (Lipinski definition) is 5. The third kappa shape index (κ3) is 6.01. The summed E-state index contributed by atoms with van der Waals surface area (Å²) in [4.78, 5) is 17.9. The normalized spacial score (nSPS) is 20.9. The summed E-state index contributed by atoms with van der Waals surface area (Å²) in [5.74, 6) is 6.46. The minimum absolute atomic E-state index is 0.461. The number of carbonyl (C=O) groups is 1. The van der Waals surface area contributed by atoms with Gasteiger partial charge in [-0.2, -0.15) is 0 Å². The molecule has 1 unspecified atom stereocenters. The van der Waals surface area contributed by atoms with Crippen LogP contribution in [-0.2, 0) is 16.1 Å². The zero-order valence-electron chi connectivity index (χ0n) is 17.7. The molecule has 29 heavy (non-hydrogen) atoms. The van der Waals surface area contributed by atoms with Gasteiger partial charge in [0.2, 0.25) is 0 Å². The molecule has 5 heteroatoms. The van der Waals surface area contributed by atoms with Crippen molar-refractivity contribution >= 4 is 16.6 Å². The Kier molecular flexibility index (Phi) is 8.04. The number of nitrogens with zero attached hydrogens (tertiary/aromatic N) is 1. The third-order valence-corrected chi connectivity index (χ3v) is 6.22. The fourth-order valence-corrected chi connectivity index (χ4v) is 4.75. The van der Waals surface area contributed by atoms with Gasteiger partial charge in [-0.1, -0.05) is 24.3 Å². The van der Waals surface area contributed by atoms with Crippen LogP contribution in [-0.4, -0.2) is 44.0 Å². The number of rotatable bonds is 4. The monoisotopic (exact) mass is 398 g/mol. The van der Waals surface area contributed by atoms with Gasteiger partial charge < -0.3 is 14.5 Å². The molecular formula is C24H34N2O3. The number of carbonyl (C=O) groups excluding carboxylic acids is 1. The first-order valence-electron chi connectivity index (χ1n) is 10.7. The summed E-state index contributed by atoms with van der Waals surface area (Å²) in [6.45, 7) is 2.41. The average molecular weight is 399 g/mol. The van der Waals surface area contributed by atoms with Gasteiger partial charge in [0.1, 0.15) is 11.5 Å². The predicted octanol–water partition coefficient (Wildman–Crippen LogP) is 4.12. The lowest BCUT2D eigenvalue weighted by atomic mass is 9.87. The summed E-state index contributed by atoms with van der Waals surface area (Å²) in [5, 5.41) is 2.53. The van der Waals surface area contributed by atoms with Crippen LogP contribution in [0.1, 0.15) is 44.1 Å². The molecule has 0 radical (unpaired) electrons. The first-order valence-corrected chi connectivity index (χ1v) is 10.7. The summed E-state index contributed by atoms with van der Waals surface area (Å²) < 4.78 is 5.32. The minimum Gasteiger partial charge on any atom is -0.497 e. The van der Waals surface area contributed by atoms with E-state index in [1.54, 1.807) is 7.11 Å². The molecule has 158 valence electrons. The second-order valence-corrected chi connectivity index (χ2v) is 8.26. The molecule has 1 aliphatic heterocycles. The number of methoxy groups -OCH3 is 1. The number of ether oxygens (including phenoxy) is 1. The van der Waals surface area contributed by atoms with Crippen molar-refractivity contribution in [3.8, 4) is 5.75 Å². The van der Waals surface area contributed by atoms with E-state index in [-0.39, 0.29) is 0 Å². The molecular weight excluding hydrogens is 364 g/mol. The Bertz CT molecular complexity index is 798. The van der Waals surface area contributed by atoms with Crippen molar-refractivity contribution in [2.24, 2.45) is 11.8 Å².